The molecule has 1 aromatic carbocycles. The average molecular weight is 364 g/mol. The molecule has 27 heavy (non-hydrogen) atoms. The van der Waals surface area contributed by atoms with E-state index >= 15 is 0 Å². The van der Waals surface area contributed by atoms with Crippen molar-refractivity contribution < 1.29 is 0 Å². The predicted molar refractivity (Wildman–Crippen MR) is 112 cm³/mol. The van der Waals surface area contributed by atoms with E-state index in [9.17, 15) is 4.79 Å². The number of benzene rings is 1. The second kappa shape index (κ2) is 6.97. The Morgan fingerprint density at radius 3 is 2.70 bits per heavy atom. The molecule has 0 radical (unpaired) electrons. The lowest BCUT2D eigenvalue weighted by atomic mass is 10.1. The number of H-pyrrole nitrogens is 1. The number of nitrogens with one attached hydrogen (secondary N) is 1. The van der Waals surface area contributed by atoms with Crippen LogP contribution in [-0.4, -0.2) is 38.3 Å². The van der Waals surface area contributed by atoms with E-state index in [2.05, 4.69) is 53.2 Å². The van der Waals surface area contributed by atoms with E-state index in [1.165, 1.54) is 12.8 Å². The third kappa shape index (κ3) is 3.00. The molecule has 3 aromatic rings. The van der Waals surface area contributed by atoms with Crippen molar-refractivity contribution in [2.45, 2.75) is 59.2 Å². The van der Waals surface area contributed by atoms with Crippen LogP contribution < -0.4 is 5.56 Å². The van der Waals surface area contributed by atoms with Crippen molar-refractivity contribution in [1.29, 1.82) is 0 Å². The Morgan fingerprint density at radius 1 is 1.26 bits per heavy atom. The Bertz CT molecular complexity index is 1070. The van der Waals surface area contributed by atoms with Crippen molar-refractivity contribution in [2.75, 3.05) is 6.54 Å². The Morgan fingerprint density at radius 2 is 2.00 bits per heavy atom. The van der Waals surface area contributed by atoms with E-state index in [1.54, 1.807) is 0 Å². The minimum atomic E-state index is 0.0338. The zero-order chi connectivity index (χ0) is 19.1. The van der Waals surface area contributed by atoms with Crippen molar-refractivity contribution in [3.05, 3.63) is 45.9 Å². The zero-order valence-electron chi connectivity index (χ0n) is 16.6. The lowest BCUT2D eigenvalue weighted by molar-refractivity contribution is 0.239. The van der Waals surface area contributed by atoms with Crippen LogP contribution in [0.1, 0.15) is 44.9 Å². The molecule has 0 spiro atoms. The van der Waals surface area contributed by atoms with Crippen LogP contribution in [0.15, 0.2) is 29.1 Å². The summed E-state index contributed by atoms with van der Waals surface area (Å²) in [6, 6.07) is 7.60. The van der Waals surface area contributed by atoms with Gasteiger partial charge in [0, 0.05) is 36.3 Å². The molecule has 0 unspecified atom stereocenters. The van der Waals surface area contributed by atoms with Crippen LogP contribution in [-0.2, 0) is 6.54 Å². The highest BCUT2D eigenvalue weighted by atomic mass is 16.1. The van der Waals surface area contributed by atoms with E-state index in [-0.39, 0.29) is 5.56 Å². The molecule has 142 valence electrons. The zero-order valence-corrected chi connectivity index (χ0v) is 16.6. The molecule has 4 rings (SSSR count). The molecule has 1 aliphatic rings. The fourth-order valence-electron chi connectivity index (χ4n) is 4.45. The van der Waals surface area contributed by atoms with Crippen molar-refractivity contribution in [1.82, 2.24) is 19.7 Å². The van der Waals surface area contributed by atoms with Crippen molar-refractivity contribution in [3.8, 4) is 0 Å². The van der Waals surface area contributed by atoms with Crippen LogP contribution in [0.3, 0.4) is 0 Å². The standard InChI is InChI=1S/C22H28N4O/c1-5-25-19-11-10-17(7-6-12-26-14(2)8-9-15(26)3)13-18(19)21-20(22(25)27)16(4)23-24-21/h6-7,10-11,13-15H,5,8-9,12H2,1-4H3,(H,23,24)/b7-6+/t14-,15-/m1/s1. The molecule has 1 N–H and O–H groups in total. The molecule has 5 heteroatoms. The van der Waals surface area contributed by atoms with Crippen molar-refractivity contribution >= 4 is 27.9 Å². The fourth-order valence-corrected chi connectivity index (χ4v) is 4.45. The predicted octanol–water partition coefficient (Wildman–Crippen LogP) is 4.09. The highest BCUT2D eigenvalue weighted by Gasteiger charge is 2.25. The third-order valence-corrected chi connectivity index (χ3v) is 6.05. The number of rotatable bonds is 4. The maximum Gasteiger partial charge on any atom is 0.262 e. The van der Waals surface area contributed by atoms with E-state index in [4.69, 9.17) is 0 Å². The molecule has 2 aromatic heterocycles. The quantitative estimate of drug-likeness (QED) is 0.758. The van der Waals surface area contributed by atoms with Gasteiger partial charge in [0.15, 0.2) is 0 Å². The number of nitrogens with zero attached hydrogens (tertiary/aromatic N) is 3. The molecule has 5 nitrogen and oxygen atoms in total. The number of aromatic amines is 1. The van der Waals surface area contributed by atoms with Gasteiger partial charge in [0.25, 0.3) is 5.56 Å². The highest BCUT2D eigenvalue weighted by Crippen LogP contribution is 2.25. The summed E-state index contributed by atoms with van der Waals surface area (Å²) in [5.74, 6) is 0. The smallest absolute Gasteiger partial charge is 0.262 e. The first kappa shape index (κ1) is 18.0. The Labute approximate surface area is 159 Å². The summed E-state index contributed by atoms with van der Waals surface area (Å²) in [5.41, 5.74) is 3.73. The van der Waals surface area contributed by atoms with Crippen LogP contribution in [0.4, 0.5) is 0 Å². The largest absolute Gasteiger partial charge is 0.308 e. The molecule has 3 heterocycles. The van der Waals surface area contributed by atoms with E-state index < -0.39 is 0 Å². The van der Waals surface area contributed by atoms with Crippen LogP contribution in [0, 0.1) is 6.92 Å². The molecule has 1 saturated heterocycles. The summed E-state index contributed by atoms with van der Waals surface area (Å²) in [4.78, 5) is 15.4. The minimum Gasteiger partial charge on any atom is -0.308 e. The van der Waals surface area contributed by atoms with E-state index in [0.717, 1.165) is 34.2 Å². The first-order valence-electron chi connectivity index (χ1n) is 9.94. The molecule has 1 aliphatic heterocycles. The Balaban J connectivity index is 1.74. The molecular formula is C22H28N4O. The van der Waals surface area contributed by atoms with Gasteiger partial charge in [-0.05, 0) is 58.2 Å². The lowest BCUT2D eigenvalue weighted by Crippen LogP contribution is -2.32. The average Bonchev–Trinajstić information content (AvgIpc) is 3.20. The van der Waals surface area contributed by atoms with Gasteiger partial charge in [-0.2, -0.15) is 5.10 Å². The summed E-state index contributed by atoms with van der Waals surface area (Å²) < 4.78 is 1.83. The normalized spacial score (nSPS) is 21.2. The molecule has 2 atom stereocenters. The fraction of sp³-hybridized carbons (Fsp3) is 0.455. The molecule has 0 aliphatic carbocycles. The summed E-state index contributed by atoms with van der Waals surface area (Å²) in [5, 5.41) is 9.13. The number of pyridine rings is 1. The molecule has 0 amide bonds. The topological polar surface area (TPSA) is 53.9 Å². The van der Waals surface area contributed by atoms with Gasteiger partial charge in [-0.1, -0.05) is 18.2 Å². The van der Waals surface area contributed by atoms with E-state index in [0.29, 0.717) is 24.0 Å². The number of hydrogen-bond donors (Lipinski definition) is 1. The molecule has 0 bridgehead atoms. The number of likely N-dealkylation sites (tertiary alicyclic amines) is 1. The first-order chi connectivity index (χ1) is 13.0. The van der Waals surface area contributed by atoms with Crippen LogP contribution in [0.25, 0.3) is 27.9 Å². The van der Waals surface area contributed by atoms with Gasteiger partial charge in [-0.15, -0.1) is 0 Å². The second-order valence-electron chi connectivity index (χ2n) is 7.77. The summed E-state index contributed by atoms with van der Waals surface area (Å²) in [7, 11) is 0. The summed E-state index contributed by atoms with van der Waals surface area (Å²) in [6.45, 7) is 10.2. The van der Waals surface area contributed by atoms with Gasteiger partial charge >= 0.3 is 0 Å². The van der Waals surface area contributed by atoms with Crippen molar-refractivity contribution in [2.24, 2.45) is 0 Å². The van der Waals surface area contributed by atoms with Gasteiger partial charge in [-0.25, -0.2) is 0 Å². The van der Waals surface area contributed by atoms with Crippen LogP contribution >= 0.6 is 0 Å². The van der Waals surface area contributed by atoms with Gasteiger partial charge in [0.2, 0.25) is 0 Å². The molecular weight excluding hydrogens is 336 g/mol. The monoisotopic (exact) mass is 364 g/mol. The maximum absolute atomic E-state index is 12.8. The van der Waals surface area contributed by atoms with Gasteiger partial charge in [0.1, 0.15) is 5.52 Å². The Kier molecular flexibility index (Phi) is 4.64. The van der Waals surface area contributed by atoms with Gasteiger partial charge < -0.3 is 4.57 Å². The SMILES string of the molecule is CCn1c(=O)c2c(C)[nH]nc2c2cc(/C=C/CN3[C@H](C)CC[C@H]3C)ccc21. The van der Waals surface area contributed by atoms with Gasteiger partial charge in [0.05, 0.1) is 10.9 Å². The number of aryl methyl sites for hydroxylation is 2. The molecule has 0 saturated carbocycles. The lowest BCUT2D eigenvalue weighted by Gasteiger charge is -2.24. The number of hydrogen-bond acceptors (Lipinski definition) is 3. The summed E-state index contributed by atoms with van der Waals surface area (Å²) in [6.07, 6.45) is 7.01. The number of fused-ring (bicyclic) bond motifs is 3. The number of aromatic nitrogens is 3. The van der Waals surface area contributed by atoms with Crippen LogP contribution in [0.5, 0.6) is 0 Å². The van der Waals surface area contributed by atoms with E-state index in [1.807, 2.05) is 24.5 Å². The Hall–Kier alpha value is -2.40. The van der Waals surface area contributed by atoms with Crippen molar-refractivity contribution in [3.63, 3.8) is 0 Å². The van der Waals surface area contributed by atoms with Crippen LogP contribution in [0.2, 0.25) is 0 Å². The van der Waals surface area contributed by atoms with Gasteiger partial charge in [-0.3, -0.25) is 14.8 Å². The molecule has 1 fully saturated rings. The highest BCUT2D eigenvalue weighted by molar-refractivity contribution is 6.04. The second-order valence-corrected chi connectivity index (χ2v) is 7.77. The minimum absolute atomic E-state index is 0.0338. The maximum atomic E-state index is 12.8. The summed E-state index contributed by atoms with van der Waals surface area (Å²) >= 11 is 0. The third-order valence-electron chi connectivity index (χ3n) is 6.05. The first-order valence-corrected chi connectivity index (χ1v) is 9.94.